The summed E-state index contributed by atoms with van der Waals surface area (Å²) in [6, 6.07) is 0. The third-order valence-electron chi connectivity index (χ3n) is 1.40. The molecule has 4 heteroatoms. The van der Waals surface area contributed by atoms with E-state index in [1.807, 2.05) is 21.6 Å². The van der Waals surface area contributed by atoms with Crippen LogP contribution in [-0.2, 0) is 4.79 Å². The second-order valence-corrected chi connectivity index (χ2v) is 4.78. The number of allylic oxidation sites excluding steroid dienone is 1. The fourth-order valence-corrected chi connectivity index (χ4v) is 3.61. The first kappa shape index (κ1) is 11.9. The highest BCUT2D eigenvalue weighted by molar-refractivity contribution is 8.78. The normalized spacial score (nSPS) is 20.8. The van der Waals surface area contributed by atoms with Gasteiger partial charge in [0.1, 0.15) is 0 Å². The Morgan fingerprint density at radius 1 is 1.67 bits per heavy atom. The summed E-state index contributed by atoms with van der Waals surface area (Å²) in [5.41, 5.74) is 0. The fourth-order valence-electron chi connectivity index (χ4n) is 0.749. The summed E-state index contributed by atoms with van der Waals surface area (Å²) in [7, 11) is 3.95. The van der Waals surface area contributed by atoms with Crippen LogP contribution in [0.2, 0.25) is 0 Å². The van der Waals surface area contributed by atoms with Crippen molar-refractivity contribution < 1.29 is 9.90 Å². The van der Waals surface area contributed by atoms with Crippen LogP contribution in [-0.4, -0.2) is 16.8 Å². The van der Waals surface area contributed by atoms with Crippen molar-refractivity contribution in [1.29, 1.82) is 0 Å². The van der Waals surface area contributed by atoms with Gasteiger partial charge in [-0.25, -0.2) is 0 Å². The molecule has 0 amide bonds. The highest BCUT2D eigenvalue weighted by Gasteiger charge is 2.13. The highest BCUT2D eigenvalue weighted by Crippen LogP contribution is 2.44. The summed E-state index contributed by atoms with van der Waals surface area (Å²) in [5.74, 6) is 0. The van der Waals surface area contributed by atoms with E-state index >= 15 is 0 Å². The van der Waals surface area contributed by atoms with Crippen molar-refractivity contribution >= 4 is 28.1 Å². The van der Waals surface area contributed by atoms with E-state index in [1.165, 1.54) is 12.8 Å². The Balaban J connectivity index is 0.000000354. The van der Waals surface area contributed by atoms with Crippen molar-refractivity contribution in [2.45, 2.75) is 31.9 Å². The smallest absolute Gasteiger partial charge is 0.290 e. The van der Waals surface area contributed by atoms with Crippen LogP contribution in [0.4, 0.5) is 0 Å². The summed E-state index contributed by atoms with van der Waals surface area (Å²) in [6.45, 7) is 4.21. The first-order chi connectivity index (χ1) is 5.78. The third-order valence-corrected chi connectivity index (χ3v) is 4.53. The maximum absolute atomic E-state index is 8.36. The van der Waals surface area contributed by atoms with Gasteiger partial charge in [0.25, 0.3) is 6.47 Å². The minimum Gasteiger partial charge on any atom is -0.483 e. The molecule has 0 aliphatic carbocycles. The quantitative estimate of drug-likeness (QED) is 0.556. The Labute approximate surface area is 81.2 Å². The molecular formula is C8H14O2S2. The van der Waals surface area contributed by atoms with Crippen molar-refractivity contribution in [3.63, 3.8) is 0 Å². The third kappa shape index (κ3) is 4.72. The average molecular weight is 206 g/mol. The molecule has 0 fully saturated rings. The Kier molecular flexibility index (Phi) is 7.50. The molecule has 0 spiro atoms. The molecule has 0 saturated carbocycles. The minimum atomic E-state index is -0.250. The van der Waals surface area contributed by atoms with Gasteiger partial charge >= 0.3 is 0 Å². The van der Waals surface area contributed by atoms with E-state index < -0.39 is 0 Å². The van der Waals surface area contributed by atoms with Crippen LogP contribution in [0.1, 0.15) is 26.7 Å². The predicted octanol–water partition coefficient (Wildman–Crippen LogP) is 3.15. The first-order valence-electron chi connectivity index (χ1n) is 3.90. The zero-order valence-corrected chi connectivity index (χ0v) is 8.95. The largest absolute Gasteiger partial charge is 0.483 e. The second kappa shape index (κ2) is 7.55. The molecule has 1 heterocycles. The van der Waals surface area contributed by atoms with E-state index in [2.05, 4.69) is 19.9 Å². The molecule has 1 N–H and O–H groups in total. The lowest BCUT2D eigenvalue weighted by Gasteiger charge is -1.96. The lowest BCUT2D eigenvalue weighted by atomic mass is 10.3. The van der Waals surface area contributed by atoms with Gasteiger partial charge in [0.15, 0.2) is 0 Å². The molecule has 0 bridgehead atoms. The van der Waals surface area contributed by atoms with Crippen LogP contribution in [0.25, 0.3) is 0 Å². The van der Waals surface area contributed by atoms with Gasteiger partial charge in [0.05, 0.1) is 0 Å². The molecular weight excluding hydrogens is 192 g/mol. The number of carboxylic acid groups (broad SMARTS) is 1. The monoisotopic (exact) mass is 206 g/mol. The SMILES string of the molecule is CCC1=CC(CC)SS1.O=CO. The van der Waals surface area contributed by atoms with Gasteiger partial charge in [-0.3, -0.25) is 4.79 Å². The van der Waals surface area contributed by atoms with E-state index in [0.29, 0.717) is 0 Å². The first-order valence-corrected chi connectivity index (χ1v) is 6.11. The van der Waals surface area contributed by atoms with Crippen molar-refractivity contribution in [3.8, 4) is 0 Å². The maximum Gasteiger partial charge on any atom is 0.290 e. The number of carbonyl (C=O) groups is 1. The van der Waals surface area contributed by atoms with E-state index in [-0.39, 0.29) is 6.47 Å². The van der Waals surface area contributed by atoms with Crippen molar-refractivity contribution in [2.75, 3.05) is 0 Å². The van der Waals surface area contributed by atoms with Gasteiger partial charge in [-0.2, -0.15) is 0 Å². The summed E-state index contributed by atoms with van der Waals surface area (Å²) < 4.78 is 0. The van der Waals surface area contributed by atoms with E-state index in [0.717, 1.165) is 5.25 Å². The maximum atomic E-state index is 8.36. The zero-order valence-electron chi connectivity index (χ0n) is 7.32. The summed E-state index contributed by atoms with van der Waals surface area (Å²) in [4.78, 5) is 9.92. The number of hydrogen-bond acceptors (Lipinski definition) is 3. The van der Waals surface area contributed by atoms with Gasteiger partial charge in [-0.05, 0) is 17.7 Å². The van der Waals surface area contributed by atoms with Crippen LogP contribution >= 0.6 is 21.6 Å². The lowest BCUT2D eigenvalue weighted by molar-refractivity contribution is -0.122. The number of hydrogen-bond donors (Lipinski definition) is 1. The van der Waals surface area contributed by atoms with E-state index in [4.69, 9.17) is 9.90 Å². The van der Waals surface area contributed by atoms with Gasteiger partial charge < -0.3 is 5.11 Å². The molecule has 0 radical (unpaired) electrons. The minimum absolute atomic E-state index is 0.250. The van der Waals surface area contributed by atoms with Crippen molar-refractivity contribution in [3.05, 3.63) is 11.0 Å². The van der Waals surface area contributed by atoms with Crippen LogP contribution in [0.3, 0.4) is 0 Å². The highest BCUT2D eigenvalue weighted by atomic mass is 33.1. The Morgan fingerprint density at radius 2 is 2.25 bits per heavy atom. The molecule has 1 unspecified atom stereocenters. The molecule has 1 aliphatic heterocycles. The van der Waals surface area contributed by atoms with E-state index in [9.17, 15) is 0 Å². The van der Waals surface area contributed by atoms with Gasteiger partial charge in [0, 0.05) is 5.25 Å². The molecule has 1 rings (SSSR count). The Morgan fingerprint density at radius 3 is 2.50 bits per heavy atom. The molecule has 12 heavy (non-hydrogen) atoms. The number of rotatable bonds is 2. The summed E-state index contributed by atoms with van der Waals surface area (Å²) in [6.07, 6.45) is 4.89. The summed E-state index contributed by atoms with van der Waals surface area (Å²) in [5, 5.41) is 7.69. The van der Waals surface area contributed by atoms with Gasteiger partial charge in [-0.15, -0.1) is 0 Å². The molecule has 0 saturated heterocycles. The molecule has 0 aromatic rings. The van der Waals surface area contributed by atoms with Crippen molar-refractivity contribution in [1.82, 2.24) is 0 Å². The molecule has 1 atom stereocenters. The molecule has 0 aromatic heterocycles. The van der Waals surface area contributed by atoms with Crippen LogP contribution < -0.4 is 0 Å². The fraction of sp³-hybridized carbons (Fsp3) is 0.625. The Hall–Kier alpha value is -0.0900. The van der Waals surface area contributed by atoms with Gasteiger partial charge in [0.2, 0.25) is 0 Å². The van der Waals surface area contributed by atoms with Crippen LogP contribution in [0.15, 0.2) is 11.0 Å². The molecule has 70 valence electrons. The predicted molar refractivity (Wildman–Crippen MR) is 56.3 cm³/mol. The average Bonchev–Trinajstić information content (AvgIpc) is 2.53. The molecule has 2 nitrogen and oxygen atoms in total. The second-order valence-electron chi connectivity index (χ2n) is 2.22. The van der Waals surface area contributed by atoms with Crippen molar-refractivity contribution in [2.24, 2.45) is 0 Å². The van der Waals surface area contributed by atoms with Crippen LogP contribution in [0.5, 0.6) is 0 Å². The molecule has 0 aromatic carbocycles. The lowest BCUT2D eigenvalue weighted by Crippen LogP contribution is -1.87. The topological polar surface area (TPSA) is 37.3 Å². The summed E-state index contributed by atoms with van der Waals surface area (Å²) >= 11 is 0. The molecule has 1 aliphatic rings. The van der Waals surface area contributed by atoms with Crippen LogP contribution in [0, 0.1) is 0 Å². The van der Waals surface area contributed by atoms with E-state index in [1.54, 1.807) is 4.91 Å². The standard InChI is InChI=1S/C7H12S2.CH2O2/c1-3-6-5-7(4-2)9-8-6;2-1-3/h5-6H,3-4H2,1-2H3;1H,(H,2,3). The Bertz CT molecular complexity index is 157. The zero-order chi connectivity index (χ0) is 9.40. The van der Waals surface area contributed by atoms with Gasteiger partial charge in [-0.1, -0.05) is 41.5 Å².